The normalized spacial score (nSPS) is 25.8. The van der Waals surface area contributed by atoms with Crippen LogP contribution in [0.5, 0.6) is 0 Å². The summed E-state index contributed by atoms with van der Waals surface area (Å²) in [5.41, 5.74) is 6.54. The van der Waals surface area contributed by atoms with Crippen LogP contribution in [0.1, 0.15) is 63.9 Å². The number of nitrogens with two attached hydrogens (primary N) is 1. The number of carbonyl (C=O) groups excluding carboxylic acids is 1. The molecule has 1 saturated heterocycles. The monoisotopic (exact) mass is 449 g/mol. The number of primary amides is 1. The summed E-state index contributed by atoms with van der Waals surface area (Å²) in [5.74, 6) is 2.66. The van der Waals surface area contributed by atoms with E-state index in [9.17, 15) is 9.90 Å². The fourth-order valence-electron chi connectivity index (χ4n) is 6.32. The number of carbonyl (C=O) groups is 1. The number of aliphatic hydroxyl groups excluding tert-OH is 1. The maximum absolute atomic E-state index is 10.9. The van der Waals surface area contributed by atoms with Crippen LogP contribution < -0.4 is 5.73 Å². The third-order valence-corrected chi connectivity index (χ3v) is 7.98. The fraction of sp³-hybridized carbons (Fsp3) is 0.621. The highest BCUT2D eigenvalue weighted by atomic mass is 16.3. The predicted molar refractivity (Wildman–Crippen MR) is 140 cm³/mol. The van der Waals surface area contributed by atoms with Gasteiger partial charge in [-0.2, -0.15) is 0 Å². The van der Waals surface area contributed by atoms with Crippen LogP contribution in [0.3, 0.4) is 0 Å². The van der Waals surface area contributed by atoms with E-state index >= 15 is 0 Å². The Morgan fingerprint density at radius 3 is 2.73 bits per heavy atom. The van der Waals surface area contributed by atoms with Gasteiger partial charge in [-0.25, -0.2) is 0 Å². The molecule has 3 rings (SSSR count). The molecule has 1 aliphatic carbocycles. The van der Waals surface area contributed by atoms with Crippen LogP contribution in [-0.4, -0.2) is 23.8 Å². The maximum atomic E-state index is 10.9. The first-order valence-corrected chi connectivity index (χ1v) is 13.4. The number of hydrogen-bond acceptors (Lipinski definition) is 2. The quantitative estimate of drug-likeness (QED) is 0.198. The summed E-state index contributed by atoms with van der Waals surface area (Å²) in [4.78, 5) is 10.9. The van der Waals surface area contributed by atoms with Gasteiger partial charge >= 0.3 is 0 Å². The summed E-state index contributed by atoms with van der Waals surface area (Å²) in [6.07, 6.45) is 21.9. The van der Waals surface area contributed by atoms with Crippen LogP contribution in [0, 0.1) is 23.7 Å². The van der Waals surface area contributed by atoms with Crippen LogP contribution in [0.25, 0.3) is 0 Å². The molecule has 2 fully saturated rings. The number of aryl methyl sites for hydroxylation is 1. The molecule has 0 unspecified atom stereocenters. The standard InChI is InChI=1S/C29H44BNO2/c1-2-3-19-30-21-24-20-25(22-30)28(27(24)13-9-4-5-10-14-29(31)33)18-17-26(32)16-15-23-11-7-6-8-12-23/h4,6-9,11-12,17-18,24-28,32H,2-3,5,10,13-16,19-22H2,1H3,(H2,31,33)/b9-4-,18-17+/t24-,25+,26+,27+,28+/m1/s1. The predicted octanol–water partition coefficient (Wildman–Crippen LogP) is 6.32. The van der Waals surface area contributed by atoms with Gasteiger partial charge in [0.15, 0.2) is 0 Å². The van der Waals surface area contributed by atoms with Crippen molar-refractivity contribution >= 4 is 12.6 Å². The van der Waals surface area contributed by atoms with E-state index in [0.717, 1.165) is 50.7 Å². The van der Waals surface area contributed by atoms with Gasteiger partial charge in [0, 0.05) is 6.42 Å². The Balaban J connectivity index is 1.58. The molecule has 0 radical (unpaired) electrons. The lowest BCUT2D eigenvalue weighted by atomic mass is 9.36. The zero-order chi connectivity index (χ0) is 23.5. The van der Waals surface area contributed by atoms with E-state index in [1.807, 2.05) is 6.07 Å². The van der Waals surface area contributed by atoms with Crippen LogP contribution in [0.15, 0.2) is 54.6 Å². The van der Waals surface area contributed by atoms with Gasteiger partial charge in [0.25, 0.3) is 0 Å². The molecule has 4 heteroatoms. The fourth-order valence-corrected chi connectivity index (χ4v) is 6.32. The van der Waals surface area contributed by atoms with E-state index in [1.54, 1.807) is 0 Å². The first-order valence-electron chi connectivity index (χ1n) is 13.4. The molecule has 0 aromatic heterocycles. The third-order valence-electron chi connectivity index (χ3n) is 7.98. The number of aliphatic hydroxyl groups is 1. The Morgan fingerprint density at radius 2 is 1.97 bits per heavy atom. The van der Waals surface area contributed by atoms with E-state index in [2.05, 4.69) is 55.5 Å². The van der Waals surface area contributed by atoms with Gasteiger partial charge in [-0.05, 0) is 67.8 Å². The van der Waals surface area contributed by atoms with E-state index in [1.165, 1.54) is 43.8 Å². The van der Waals surface area contributed by atoms with E-state index < -0.39 is 0 Å². The second-order valence-corrected chi connectivity index (χ2v) is 10.5. The van der Waals surface area contributed by atoms with Crippen LogP contribution in [0.2, 0.25) is 19.0 Å². The van der Waals surface area contributed by atoms with Crippen LogP contribution >= 0.6 is 0 Å². The second kappa shape index (κ2) is 13.8. The molecule has 2 bridgehead atoms. The molecule has 180 valence electrons. The van der Waals surface area contributed by atoms with E-state index in [4.69, 9.17) is 5.73 Å². The van der Waals surface area contributed by atoms with Gasteiger partial charge in [-0.15, -0.1) is 0 Å². The van der Waals surface area contributed by atoms with Crippen molar-refractivity contribution in [3.05, 3.63) is 60.2 Å². The molecule has 5 atom stereocenters. The van der Waals surface area contributed by atoms with Gasteiger partial charge in [0.05, 0.1) is 6.10 Å². The van der Waals surface area contributed by atoms with E-state index in [-0.39, 0.29) is 12.0 Å². The SMILES string of the molecule is CCCCB1C[C@@H]2C[C@H](C1)[C@H](C/C=C\CCCC(N)=O)[C@H]2/C=C/[C@@H](O)CCc1ccccc1. The summed E-state index contributed by atoms with van der Waals surface area (Å²) < 4.78 is 0. The average molecular weight is 449 g/mol. The molecule has 2 aliphatic rings. The molecular weight excluding hydrogens is 405 g/mol. The highest BCUT2D eigenvalue weighted by Crippen LogP contribution is 2.53. The van der Waals surface area contributed by atoms with Crippen molar-refractivity contribution in [2.75, 3.05) is 0 Å². The maximum Gasteiger partial charge on any atom is 0.217 e. The number of hydrogen-bond donors (Lipinski definition) is 2. The van der Waals surface area contributed by atoms with Crippen LogP contribution in [0.4, 0.5) is 0 Å². The molecule has 1 amide bonds. The number of benzene rings is 1. The minimum Gasteiger partial charge on any atom is -0.389 e. The van der Waals surface area contributed by atoms with Crippen molar-refractivity contribution in [1.82, 2.24) is 0 Å². The highest BCUT2D eigenvalue weighted by molar-refractivity contribution is 6.59. The lowest BCUT2D eigenvalue weighted by Crippen LogP contribution is -2.24. The number of allylic oxidation sites excluding steroid dienone is 3. The highest BCUT2D eigenvalue weighted by Gasteiger charge is 2.46. The van der Waals surface area contributed by atoms with Gasteiger partial charge in [0.1, 0.15) is 6.71 Å². The van der Waals surface area contributed by atoms with Gasteiger partial charge < -0.3 is 10.8 Å². The van der Waals surface area contributed by atoms with Gasteiger partial charge in [0.2, 0.25) is 5.91 Å². The molecule has 33 heavy (non-hydrogen) atoms. The molecule has 0 spiro atoms. The zero-order valence-corrected chi connectivity index (χ0v) is 20.6. The molecule has 1 aromatic carbocycles. The first kappa shape index (κ1) is 25.8. The van der Waals surface area contributed by atoms with Crippen molar-refractivity contribution in [1.29, 1.82) is 0 Å². The smallest absolute Gasteiger partial charge is 0.217 e. The van der Waals surface area contributed by atoms with Crippen LogP contribution in [-0.2, 0) is 11.2 Å². The lowest BCUT2D eigenvalue weighted by molar-refractivity contribution is -0.118. The molecule has 3 nitrogen and oxygen atoms in total. The number of amides is 1. The Kier molecular flexibility index (Phi) is 10.8. The number of rotatable bonds is 14. The van der Waals surface area contributed by atoms with Crippen molar-refractivity contribution in [2.45, 2.75) is 89.8 Å². The molecule has 1 saturated carbocycles. The van der Waals surface area contributed by atoms with E-state index in [0.29, 0.717) is 18.3 Å². The van der Waals surface area contributed by atoms with Crippen molar-refractivity contribution in [2.24, 2.45) is 29.4 Å². The average Bonchev–Trinajstić information content (AvgIpc) is 3.06. The molecule has 1 aromatic rings. The Labute approximate surface area is 202 Å². The van der Waals surface area contributed by atoms with Gasteiger partial charge in [-0.1, -0.05) is 93.4 Å². The summed E-state index contributed by atoms with van der Waals surface area (Å²) in [7, 11) is 0. The summed E-state index contributed by atoms with van der Waals surface area (Å²) in [6.45, 7) is 3.18. The Morgan fingerprint density at radius 1 is 1.18 bits per heavy atom. The van der Waals surface area contributed by atoms with Crippen molar-refractivity contribution in [3.63, 3.8) is 0 Å². The lowest BCUT2D eigenvalue weighted by Gasteiger charge is -2.26. The summed E-state index contributed by atoms with van der Waals surface area (Å²) in [6, 6.07) is 10.4. The summed E-state index contributed by atoms with van der Waals surface area (Å²) >= 11 is 0. The van der Waals surface area contributed by atoms with Crippen molar-refractivity contribution in [3.8, 4) is 0 Å². The topological polar surface area (TPSA) is 63.3 Å². The Bertz CT molecular complexity index is 762. The third kappa shape index (κ3) is 8.48. The number of fused-ring (bicyclic) bond motifs is 2. The Hall–Kier alpha value is -1.81. The minimum atomic E-state index is -0.369. The molecular formula is C29H44BNO2. The second-order valence-electron chi connectivity index (χ2n) is 10.5. The largest absolute Gasteiger partial charge is 0.389 e. The van der Waals surface area contributed by atoms with Crippen molar-refractivity contribution < 1.29 is 9.90 Å². The zero-order valence-electron chi connectivity index (χ0n) is 20.6. The van der Waals surface area contributed by atoms with Gasteiger partial charge in [-0.3, -0.25) is 4.79 Å². The summed E-state index contributed by atoms with van der Waals surface area (Å²) in [5, 5.41) is 10.6. The number of unbranched alkanes of at least 4 members (excludes halogenated alkanes) is 2. The minimum absolute atomic E-state index is 0.206. The first-order chi connectivity index (χ1) is 16.1. The molecule has 3 N–H and O–H groups in total. The molecule has 1 aliphatic heterocycles. The molecule has 1 heterocycles.